The second-order valence-corrected chi connectivity index (χ2v) is 8.09. The third-order valence-electron chi connectivity index (χ3n) is 4.34. The predicted octanol–water partition coefficient (Wildman–Crippen LogP) is 4.71. The van der Waals surface area contributed by atoms with Crippen LogP contribution in [0.3, 0.4) is 0 Å². The van der Waals surface area contributed by atoms with Gasteiger partial charge in [-0.05, 0) is 25.7 Å². The van der Waals surface area contributed by atoms with Crippen molar-refractivity contribution in [2.45, 2.75) is 109 Å². The Morgan fingerprint density at radius 2 is 1.23 bits per heavy atom. The van der Waals surface area contributed by atoms with Crippen molar-refractivity contribution in [1.82, 2.24) is 0 Å². The van der Waals surface area contributed by atoms with E-state index in [9.17, 15) is 18.1 Å². The predicted molar refractivity (Wildman–Crippen MR) is 92.7 cm³/mol. The summed E-state index contributed by atoms with van der Waals surface area (Å²) in [5.74, 6) is 0. The summed E-state index contributed by atoms with van der Waals surface area (Å²) in [5.41, 5.74) is 0. The van der Waals surface area contributed by atoms with Crippen molar-refractivity contribution < 1.29 is 18.1 Å². The highest BCUT2D eigenvalue weighted by molar-refractivity contribution is 7.86. The van der Waals surface area contributed by atoms with E-state index in [1.807, 2.05) is 13.8 Å². The number of hydrogen-bond acceptors (Lipinski definition) is 3. The average Bonchev–Trinajstić information content (AvgIpc) is 2.46. The zero-order chi connectivity index (χ0) is 16.8. The van der Waals surface area contributed by atoms with Gasteiger partial charge < -0.3 is 5.11 Å². The van der Waals surface area contributed by atoms with Crippen LogP contribution in [-0.2, 0) is 10.1 Å². The van der Waals surface area contributed by atoms with E-state index in [-0.39, 0.29) is 6.10 Å². The third kappa shape index (κ3) is 12.4. The van der Waals surface area contributed by atoms with E-state index in [1.165, 1.54) is 19.3 Å². The smallest absolute Gasteiger partial charge is 0.267 e. The molecule has 0 saturated heterocycles. The van der Waals surface area contributed by atoms with Crippen molar-refractivity contribution in [2.75, 3.05) is 0 Å². The van der Waals surface area contributed by atoms with Gasteiger partial charge in [0.2, 0.25) is 0 Å². The Labute approximate surface area is 137 Å². The van der Waals surface area contributed by atoms with Crippen molar-refractivity contribution in [3.63, 3.8) is 0 Å². The molecular weight excluding hydrogens is 300 g/mol. The van der Waals surface area contributed by atoms with Gasteiger partial charge >= 0.3 is 0 Å². The van der Waals surface area contributed by atoms with Gasteiger partial charge in [0.25, 0.3) is 10.1 Å². The summed E-state index contributed by atoms with van der Waals surface area (Å²) in [6.45, 7) is 4.03. The number of rotatable bonds is 15. The first-order valence-electron chi connectivity index (χ1n) is 9.06. The summed E-state index contributed by atoms with van der Waals surface area (Å²) in [5, 5.41) is 8.87. The maximum atomic E-state index is 11.3. The van der Waals surface area contributed by atoms with Gasteiger partial charge in [0.1, 0.15) is 0 Å². The molecule has 5 heteroatoms. The monoisotopic (exact) mass is 336 g/mol. The molecule has 0 amide bonds. The molecule has 4 nitrogen and oxygen atoms in total. The first-order valence-corrected chi connectivity index (χ1v) is 10.6. The fourth-order valence-electron chi connectivity index (χ4n) is 2.71. The first kappa shape index (κ1) is 21.9. The van der Waals surface area contributed by atoms with Crippen LogP contribution in [0.1, 0.15) is 97.3 Å². The Balaban J connectivity index is 3.57. The Hall–Kier alpha value is -0.130. The minimum Gasteiger partial charge on any atom is -0.393 e. The van der Waals surface area contributed by atoms with Crippen LogP contribution in [0, 0.1) is 0 Å². The van der Waals surface area contributed by atoms with Crippen molar-refractivity contribution >= 4 is 10.1 Å². The molecular formula is C17H36O4S. The maximum Gasteiger partial charge on any atom is 0.267 e. The van der Waals surface area contributed by atoms with Gasteiger partial charge in [-0.25, -0.2) is 0 Å². The van der Waals surface area contributed by atoms with E-state index in [0.717, 1.165) is 51.4 Å². The van der Waals surface area contributed by atoms with Crippen molar-refractivity contribution in [2.24, 2.45) is 0 Å². The third-order valence-corrected chi connectivity index (χ3v) is 5.65. The first-order chi connectivity index (χ1) is 10.4. The molecule has 0 fully saturated rings. The molecule has 0 spiro atoms. The summed E-state index contributed by atoms with van der Waals surface area (Å²) in [6.07, 6.45) is 12.3. The standard InChI is InChI=1S/C17H36O4S/c1-3-5-14-17(22(19,20)21)15-12-10-8-6-7-9-11-13-16(18)4-2/h16-18H,3-15H2,1-2H3,(H,19,20,21). The maximum absolute atomic E-state index is 11.3. The average molecular weight is 337 g/mol. The number of aliphatic hydroxyl groups excluding tert-OH is 1. The Morgan fingerprint density at radius 3 is 1.68 bits per heavy atom. The van der Waals surface area contributed by atoms with Crippen LogP contribution < -0.4 is 0 Å². The zero-order valence-electron chi connectivity index (χ0n) is 14.5. The molecule has 0 heterocycles. The van der Waals surface area contributed by atoms with E-state index in [0.29, 0.717) is 12.8 Å². The van der Waals surface area contributed by atoms with E-state index < -0.39 is 15.4 Å². The molecule has 0 bridgehead atoms. The van der Waals surface area contributed by atoms with E-state index in [2.05, 4.69) is 0 Å². The molecule has 0 aromatic rings. The normalized spacial score (nSPS) is 14.9. The summed E-state index contributed by atoms with van der Waals surface area (Å²) in [6, 6.07) is 0. The van der Waals surface area contributed by atoms with Crippen LogP contribution in [0.2, 0.25) is 0 Å². The highest BCUT2D eigenvalue weighted by Gasteiger charge is 2.21. The highest BCUT2D eigenvalue weighted by atomic mass is 32.2. The van der Waals surface area contributed by atoms with Crippen LogP contribution in [0.4, 0.5) is 0 Å². The summed E-state index contributed by atoms with van der Waals surface area (Å²) >= 11 is 0. The Morgan fingerprint density at radius 1 is 0.773 bits per heavy atom. The van der Waals surface area contributed by atoms with Gasteiger partial charge in [-0.3, -0.25) is 4.55 Å². The van der Waals surface area contributed by atoms with Crippen LogP contribution in [-0.4, -0.2) is 29.4 Å². The molecule has 0 aliphatic heterocycles. The van der Waals surface area contributed by atoms with Gasteiger partial charge in [-0.15, -0.1) is 0 Å². The molecule has 0 rings (SSSR count). The highest BCUT2D eigenvalue weighted by Crippen LogP contribution is 2.18. The second-order valence-electron chi connectivity index (χ2n) is 6.39. The number of hydrogen-bond donors (Lipinski definition) is 2. The lowest BCUT2D eigenvalue weighted by Gasteiger charge is -2.13. The number of aliphatic hydroxyl groups is 1. The quantitative estimate of drug-likeness (QED) is 0.335. The molecule has 2 unspecified atom stereocenters. The molecule has 2 N–H and O–H groups in total. The van der Waals surface area contributed by atoms with E-state index in [1.54, 1.807) is 0 Å². The second kappa shape index (κ2) is 13.3. The summed E-state index contributed by atoms with van der Waals surface area (Å²) < 4.78 is 31.8. The Kier molecular flexibility index (Phi) is 13.2. The van der Waals surface area contributed by atoms with E-state index >= 15 is 0 Å². The molecule has 0 aliphatic carbocycles. The van der Waals surface area contributed by atoms with Gasteiger partial charge in [-0.2, -0.15) is 8.42 Å². The Bertz CT molecular complexity index is 341. The summed E-state index contributed by atoms with van der Waals surface area (Å²) in [7, 11) is -3.88. The molecule has 134 valence electrons. The number of unbranched alkanes of at least 4 members (excludes halogenated alkanes) is 7. The minimum atomic E-state index is -3.88. The van der Waals surface area contributed by atoms with Crippen LogP contribution in [0.5, 0.6) is 0 Å². The molecule has 0 aromatic heterocycles. The van der Waals surface area contributed by atoms with Crippen LogP contribution in [0.15, 0.2) is 0 Å². The van der Waals surface area contributed by atoms with E-state index in [4.69, 9.17) is 0 Å². The van der Waals surface area contributed by atoms with Crippen molar-refractivity contribution in [1.29, 1.82) is 0 Å². The zero-order valence-corrected chi connectivity index (χ0v) is 15.3. The summed E-state index contributed by atoms with van der Waals surface area (Å²) in [4.78, 5) is 0. The molecule has 0 saturated carbocycles. The molecule has 0 radical (unpaired) electrons. The topological polar surface area (TPSA) is 74.6 Å². The fraction of sp³-hybridized carbons (Fsp3) is 1.00. The SMILES string of the molecule is CCCCC(CCCCCCCCCC(O)CC)S(=O)(=O)O. The van der Waals surface area contributed by atoms with Crippen LogP contribution >= 0.6 is 0 Å². The van der Waals surface area contributed by atoms with Gasteiger partial charge in [0.15, 0.2) is 0 Å². The fourth-order valence-corrected chi connectivity index (χ4v) is 3.64. The molecule has 2 atom stereocenters. The van der Waals surface area contributed by atoms with Crippen molar-refractivity contribution in [3.05, 3.63) is 0 Å². The van der Waals surface area contributed by atoms with Gasteiger partial charge in [-0.1, -0.05) is 71.6 Å². The largest absolute Gasteiger partial charge is 0.393 e. The van der Waals surface area contributed by atoms with Crippen LogP contribution in [0.25, 0.3) is 0 Å². The molecule has 0 aromatic carbocycles. The van der Waals surface area contributed by atoms with Gasteiger partial charge in [0, 0.05) is 0 Å². The van der Waals surface area contributed by atoms with Gasteiger partial charge in [0.05, 0.1) is 11.4 Å². The molecule has 22 heavy (non-hydrogen) atoms. The lowest BCUT2D eigenvalue weighted by Crippen LogP contribution is -2.20. The molecule has 0 aliphatic rings. The van der Waals surface area contributed by atoms with Crippen molar-refractivity contribution in [3.8, 4) is 0 Å². The lowest BCUT2D eigenvalue weighted by molar-refractivity contribution is 0.156. The lowest BCUT2D eigenvalue weighted by atomic mass is 10.0. The minimum absolute atomic E-state index is 0.138.